The second-order valence-corrected chi connectivity index (χ2v) is 5.25. The first-order valence-electron chi connectivity index (χ1n) is 5.70. The number of hydrogen-bond acceptors (Lipinski definition) is 4. The van der Waals surface area contributed by atoms with E-state index in [4.69, 9.17) is 0 Å². The van der Waals surface area contributed by atoms with Crippen molar-refractivity contribution in [1.82, 2.24) is 4.90 Å². The SMILES string of the molecule is C[C@]12C(=O)N(CC(=O)[O-])C(=O)[C@H]1[C@@H]1C=C[C@@H]2C1. The van der Waals surface area contributed by atoms with Crippen LogP contribution in [0.1, 0.15) is 13.3 Å². The molecule has 2 amide bonds. The molecule has 3 aliphatic rings. The number of imide groups is 1. The van der Waals surface area contributed by atoms with Crippen LogP contribution in [0.15, 0.2) is 12.2 Å². The molecule has 0 aromatic rings. The Morgan fingerprint density at radius 2 is 2.24 bits per heavy atom. The number of carbonyl (C=O) groups excluding carboxylic acids is 3. The van der Waals surface area contributed by atoms with Crippen molar-refractivity contribution in [3.05, 3.63) is 12.2 Å². The van der Waals surface area contributed by atoms with Gasteiger partial charge in [-0.2, -0.15) is 0 Å². The predicted molar refractivity (Wildman–Crippen MR) is 54.1 cm³/mol. The average molecular weight is 234 g/mol. The molecule has 0 radical (unpaired) electrons. The summed E-state index contributed by atoms with van der Waals surface area (Å²) in [5.41, 5.74) is -0.730. The molecule has 4 atom stereocenters. The van der Waals surface area contributed by atoms with Crippen molar-refractivity contribution in [2.24, 2.45) is 23.2 Å². The molecular formula is C12H12NO4-. The van der Waals surface area contributed by atoms with Gasteiger partial charge < -0.3 is 9.90 Å². The summed E-state index contributed by atoms with van der Waals surface area (Å²) in [7, 11) is 0. The molecule has 3 rings (SSSR count). The molecule has 90 valence electrons. The number of carboxylic acids is 1. The van der Waals surface area contributed by atoms with Crippen molar-refractivity contribution in [3.8, 4) is 0 Å². The highest BCUT2D eigenvalue weighted by molar-refractivity contribution is 6.10. The van der Waals surface area contributed by atoms with E-state index < -0.39 is 17.9 Å². The summed E-state index contributed by atoms with van der Waals surface area (Å²) in [6.45, 7) is 1.16. The third-order valence-electron chi connectivity index (χ3n) is 4.49. The van der Waals surface area contributed by atoms with E-state index in [1.165, 1.54) is 0 Å². The number of nitrogens with zero attached hydrogens (tertiary/aromatic N) is 1. The fourth-order valence-electron chi connectivity index (χ4n) is 3.66. The lowest BCUT2D eigenvalue weighted by atomic mass is 9.71. The summed E-state index contributed by atoms with van der Waals surface area (Å²) in [6.07, 6.45) is 4.79. The summed E-state index contributed by atoms with van der Waals surface area (Å²) in [4.78, 5) is 35.8. The normalized spacial score (nSPS) is 42.4. The van der Waals surface area contributed by atoms with E-state index in [1.54, 1.807) is 6.92 Å². The molecule has 0 spiro atoms. The van der Waals surface area contributed by atoms with E-state index in [0.29, 0.717) is 0 Å². The van der Waals surface area contributed by atoms with Crippen LogP contribution in [0.2, 0.25) is 0 Å². The number of amides is 2. The van der Waals surface area contributed by atoms with Gasteiger partial charge in [0.05, 0.1) is 23.8 Å². The van der Waals surface area contributed by atoms with Gasteiger partial charge in [0, 0.05) is 0 Å². The van der Waals surface area contributed by atoms with Crippen LogP contribution in [0.25, 0.3) is 0 Å². The molecule has 2 bridgehead atoms. The minimum atomic E-state index is -1.39. The highest BCUT2D eigenvalue weighted by atomic mass is 16.4. The quantitative estimate of drug-likeness (QED) is 0.450. The molecule has 0 aromatic carbocycles. The molecule has 1 heterocycles. The highest BCUT2D eigenvalue weighted by Gasteiger charge is 2.66. The van der Waals surface area contributed by atoms with E-state index in [-0.39, 0.29) is 29.6 Å². The standard InChI is InChI=1S/C12H13NO4/c1-12-7-3-2-6(4-7)9(12)10(16)13(11(12)17)5-8(14)15/h2-3,6-7,9H,4-5H2,1H3,(H,14,15)/p-1/t6-,7-,9-,12-/m1/s1. The molecular weight excluding hydrogens is 222 g/mol. The smallest absolute Gasteiger partial charge is 0.236 e. The second-order valence-electron chi connectivity index (χ2n) is 5.25. The summed E-state index contributed by atoms with van der Waals surface area (Å²) < 4.78 is 0. The van der Waals surface area contributed by atoms with Crippen molar-refractivity contribution in [3.63, 3.8) is 0 Å². The fraction of sp³-hybridized carbons (Fsp3) is 0.583. The molecule has 1 saturated carbocycles. The van der Waals surface area contributed by atoms with Gasteiger partial charge in [-0.3, -0.25) is 14.5 Å². The number of hydrogen-bond donors (Lipinski definition) is 0. The van der Waals surface area contributed by atoms with E-state index in [2.05, 4.69) is 0 Å². The van der Waals surface area contributed by atoms with Crippen molar-refractivity contribution >= 4 is 17.8 Å². The first-order chi connectivity index (χ1) is 7.96. The van der Waals surface area contributed by atoms with Gasteiger partial charge in [-0.1, -0.05) is 12.2 Å². The minimum Gasteiger partial charge on any atom is -0.548 e. The van der Waals surface area contributed by atoms with Crippen LogP contribution < -0.4 is 5.11 Å². The third kappa shape index (κ3) is 1.06. The minimum absolute atomic E-state index is 0.0701. The lowest BCUT2D eigenvalue weighted by molar-refractivity contribution is -0.305. The average Bonchev–Trinajstić information content (AvgIpc) is 2.87. The van der Waals surface area contributed by atoms with E-state index in [0.717, 1.165) is 11.3 Å². The molecule has 1 aliphatic heterocycles. The van der Waals surface area contributed by atoms with Gasteiger partial charge in [0.1, 0.15) is 0 Å². The van der Waals surface area contributed by atoms with Crippen molar-refractivity contribution in [2.45, 2.75) is 13.3 Å². The Hall–Kier alpha value is -1.65. The van der Waals surface area contributed by atoms with E-state index >= 15 is 0 Å². The van der Waals surface area contributed by atoms with Gasteiger partial charge in [0.15, 0.2) is 0 Å². The maximum atomic E-state index is 12.2. The molecule has 5 nitrogen and oxygen atoms in total. The number of likely N-dealkylation sites (tertiary alicyclic amines) is 1. The summed E-state index contributed by atoms with van der Waals surface area (Å²) in [5, 5.41) is 10.6. The predicted octanol–water partition coefficient (Wildman–Crippen LogP) is -1.07. The monoisotopic (exact) mass is 234 g/mol. The highest BCUT2D eigenvalue weighted by Crippen LogP contribution is 2.60. The Balaban J connectivity index is 2.00. The van der Waals surface area contributed by atoms with Crippen LogP contribution in [0.4, 0.5) is 0 Å². The number of rotatable bonds is 2. The Morgan fingerprint density at radius 3 is 2.82 bits per heavy atom. The zero-order valence-corrected chi connectivity index (χ0v) is 9.38. The zero-order chi connectivity index (χ0) is 12.4. The van der Waals surface area contributed by atoms with Gasteiger partial charge in [0.25, 0.3) is 0 Å². The van der Waals surface area contributed by atoms with Crippen LogP contribution in [0.5, 0.6) is 0 Å². The first kappa shape index (κ1) is 10.5. The summed E-state index contributed by atoms with van der Waals surface area (Å²) >= 11 is 0. The van der Waals surface area contributed by atoms with Crippen molar-refractivity contribution in [1.29, 1.82) is 0 Å². The molecule has 5 heteroatoms. The number of carboxylic acid groups (broad SMARTS) is 1. The Kier molecular flexibility index (Phi) is 1.83. The van der Waals surface area contributed by atoms with Crippen LogP contribution in [-0.2, 0) is 14.4 Å². The van der Waals surface area contributed by atoms with Gasteiger partial charge in [-0.15, -0.1) is 0 Å². The lowest BCUT2D eigenvalue weighted by Gasteiger charge is -2.28. The summed E-state index contributed by atoms with van der Waals surface area (Å²) in [5.74, 6) is -2.30. The molecule has 0 N–H and O–H groups in total. The van der Waals surface area contributed by atoms with E-state index in [9.17, 15) is 19.5 Å². The molecule has 17 heavy (non-hydrogen) atoms. The lowest BCUT2D eigenvalue weighted by Crippen LogP contribution is -2.43. The van der Waals surface area contributed by atoms with Gasteiger partial charge in [-0.05, 0) is 25.2 Å². The van der Waals surface area contributed by atoms with Crippen LogP contribution in [0, 0.1) is 23.2 Å². The van der Waals surface area contributed by atoms with Gasteiger partial charge in [0.2, 0.25) is 11.8 Å². The Bertz CT molecular complexity index is 469. The number of aliphatic carboxylic acids is 1. The van der Waals surface area contributed by atoms with Gasteiger partial charge in [-0.25, -0.2) is 0 Å². The molecule has 1 saturated heterocycles. The summed E-state index contributed by atoms with van der Waals surface area (Å²) in [6, 6.07) is 0. The zero-order valence-electron chi connectivity index (χ0n) is 9.38. The molecule has 2 fully saturated rings. The van der Waals surface area contributed by atoms with Crippen molar-refractivity contribution < 1.29 is 19.5 Å². The largest absolute Gasteiger partial charge is 0.548 e. The molecule has 0 aromatic heterocycles. The van der Waals surface area contributed by atoms with Crippen molar-refractivity contribution in [2.75, 3.05) is 6.54 Å². The van der Waals surface area contributed by atoms with E-state index in [1.807, 2.05) is 12.2 Å². The second kappa shape index (κ2) is 2.97. The number of allylic oxidation sites excluding steroid dienone is 2. The maximum absolute atomic E-state index is 12.2. The number of fused-ring (bicyclic) bond motifs is 5. The molecule has 0 unspecified atom stereocenters. The molecule has 2 aliphatic carbocycles. The van der Waals surface area contributed by atoms with Crippen LogP contribution >= 0.6 is 0 Å². The van der Waals surface area contributed by atoms with Gasteiger partial charge >= 0.3 is 0 Å². The Labute approximate surface area is 98.1 Å². The maximum Gasteiger partial charge on any atom is 0.236 e. The topological polar surface area (TPSA) is 77.5 Å². The first-order valence-corrected chi connectivity index (χ1v) is 5.70. The Morgan fingerprint density at radius 1 is 1.53 bits per heavy atom. The van der Waals surface area contributed by atoms with Crippen LogP contribution in [0.3, 0.4) is 0 Å². The van der Waals surface area contributed by atoms with Crippen LogP contribution in [-0.4, -0.2) is 29.2 Å². The number of carbonyl (C=O) groups is 3. The third-order valence-corrected chi connectivity index (χ3v) is 4.49. The fourth-order valence-corrected chi connectivity index (χ4v) is 3.66.